The first-order chi connectivity index (χ1) is 1.00. The normalized spacial score (nSPS) is 1.00. The summed E-state index contributed by atoms with van der Waals surface area (Å²) in [5.41, 5.74) is 0. The van der Waals surface area contributed by atoms with E-state index >= 15 is 0 Å². The zero-order valence-electron chi connectivity index (χ0n) is 1.49. The fourth-order valence-electron chi connectivity index (χ4n) is 0. The van der Waals surface area contributed by atoms with E-state index in [-0.39, 0.29) is 24.5 Å². The molecule has 0 spiro atoms. The van der Waals surface area contributed by atoms with E-state index in [9.17, 15) is 0 Å². The molecule has 0 aliphatic rings. The Hall–Kier alpha value is 0.189. The molecule has 1 nitrogen and oxygen atoms in total. The van der Waals surface area contributed by atoms with Crippen LogP contribution in [-0.2, 0) is 21.9 Å². The first kappa shape index (κ1) is 30.1. The van der Waals surface area contributed by atoms with Gasteiger partial charge < -0.3 is 4.79 Å². The molecule has 0 saturated heterocycles. The average Bonchev–Trinajstić information content (AvgIpc) is 1.00. The summed E-state index contributed by atoms with van der Waals surface area (Å²) in [4.78, 5) is 8.00. The number of hydrogen-bond donors (Lipinski definition) is 0. The third-order valence-electron chi connectivity index (χ3n) is 0. The van der Waals surface area contributed by atoms with E-state index < -0.39 is 0 Å². The molecule has 0 aromatic carbocycles. The molecule has 0 amide bonds. The standard InChI is InChI=1S/CH2O.CH4.Mn/c1-2;;/h1H2;1H4;. The smallest absolute Gasteiger partial charge is 0.106 e. The molecule has 1 radical (unpaired) electrons. The Labute approximate surface area is 36.9 Å². The summed E-state index contributed by atoms with van der Waals surface area (Å²) in [5, 5.41) is 0. The molecule has 4 heavy (non-hydrogen) atoms. The summed E-state index contributed by atoms with van der Waals surface area (Å²) in [6.07, 6.45) is 0. The van der Waals surface area contributed by atoms with E-state index in [4.69, 9.17) is 4.79 Å². The third-order valence-corrected chi connectivity index (χ3v) is 0. The largest absolute Gasteiger partial charge is 0.307 e. The monoisotopic (exact) mass is 101 g/mol. The Morgan fingerprint density at radius 1 is 1.25 bits per heavy atom. The zero-order valence-corrected chi connectivity index (χ0v) is 2.67. The number of carbonyl (C=O) groups is 1. The van der Waals surface area contributed by atoms with Crippen LogP contribution in [0.15, 0.2) is 0 Å². The predicted octanol–water partition coefficient (Wildman–Crippen LogP) is 0.449. The van der Waals surface area contributed by atoms with Crippen LogP contribution in [0.4, 0.5) is 0 Å². The van der Waals surface area contributed by atoms with Crippen molar-refractivity contribution < 1.29 is 21.9 Å². The first-order valence-electron chi connectivity index (χ1n) is 0.289. The Kier molecular flexibility index (Phi) is 3210. The Morgan fingerprint density at radius 3 is 1.25 bits per heavy atom. The summed E-state index contributed by atoms with van der Waals surface area (Å²) in [6.45, 7) is 2.00. The molecule has 27 valence electrons. The Morgan fingerprint density at radius 2 is 1.25 bits per heavy atom. The molecule has 0 saturated carbocycles. The Balaban J connectivity index is -0.00000000500. The van der Waals surface area contributed by atoms with Crippen LogP contribution in [0.1, 0.15) is 7.43 Å². The predicted molar refractivity (Wildman–Crippen MR) is 13.9 cm³/mol. The molecule has 0 bridgehead atoms. The molecule has 0 heterocycles. The van der Waals surface area contributed by atoms with Gasteiger partial charge in [-0.3, -0.25) is 0 Å². The van der Waals surface area contributed by atoms with Crippen molar-refractivity contribution in [3.05, 3.63) is 0 Å². The minimum Gasteiger partial charge on any atom is -0.307 e. The van der Waals surface area contributed by atoms with Crippen LogP contribution in [0.3, 0.4) is 0 Å². The maximum Gasteiger partial charge on any atom is 0.106 e. The third kappa shape index (κ3) is 86.3. The van der Waals surface area contributed by atoms with Gasteiger partial charge in [0.1, 0.15) is 6.79 Å². The van der Waals surface area contributed by atoms with Gasteiger partial charge in [-0.05, 0) is 0 Å². The van der Waals surface area contributed by atoms with E-state index in [0.29, 0.717) is 0 Å². The molecule has 0 N–H and O–H groups in total. The van der Waals surface area contributed by atoms with E-state index in [2.05, 4.69) is 0 Å². The van der Waals surface area contributed by atoms with Gasteiger partial charge in [-0.25, -0.2) is 0 Å². The van der Waals surface area contributed by atoms with Crippen molar-refractivity contribution in [3.8, 4) is 0 Å². The van der Waals surface area contributed by atoms with Crippen molar-refractivity contribution in [1.29, 1.82) is 0 Å². The summed E-state index contributed by atoms with van der Waals surface area (Å²) in [7, 11) is 0. The second-order valence-corrected chi connectivity index (χ2v) is 0. The fraction of sp³-hybridized carbons (Fsp3) is 0.500. The van der Waals surface area contributed by atoms with Crippen molar-refractivity contribution in [3.63, 3.8) is 0 Å². The molecule has 0 atom stereocenters. The van der Waals surface area contributed by atoms with Crippen molar-refractivity contribution in [2.24, 2.45) is 0 Å². The van der Waals surface area contributed by atoms with E-state index in [1.807, 2.05) is 6.79 Å². The maximum absolute atomic E-state index is 8.00. The molecule has 0 aliphatic heterocycles. The van der Waals surface area contributed by atoms with Gasteiger partial charge in [0.05, 0.1) is 0 Å². The van der Waals surface area contributed by atoms with E-state index in [1.54, 1.807) is 0 Å². The minimum atomic E-state index is 0. The van der Waals surface area contributed by atoms with Gasteiger partial charge in [0.25, 0.3) is 0 Å². The molecule has 2 heteroatoms. The van der Waals surface area contributed by atoms with Crippen molar-refractivity contribution in [2.75, 3.05) is 0 Å². The van der Waals surface area contributed by atoms with Gasteiger partial charge in [-0.1, -0.05) is 7.43 Å². The van der Waals surface area contributed by atoms with Crippen molar-refractivity contribution in [1.82, 2.24) is 0 Å². The zero-order chi connectivity index (χ0) is 2.00. The van der Waals surface area contributed by atoms with Crippen LogP contribution < -0.4 is 0 Å². The summed E-state index contributed by atoms with van der Waals surface area (Å²) >= 11 is 0. The van der Waals surface area contributed by atoms with Crippen molar-refractivity contribution >= 4 is 6.79 Å². The molecule has 0 aromatic heterocycles. The number of hydrogen-bond acceptors (Lipinski definition) is 1. The van der Waals surface area contributed by atoms with Gasteiger partial charge in [-0.15, -0.1) is 0 Å². The van der Waals surface area contributed by atoms with Gasteiger partial charge in [0, 0.05) is 17.1 Å². The number of carbonyl (C=O) groups excluding carboxylic acids is 1. The molecule has 0 fully saturated rings. The fourth-order valence-corrected chi connectivity index (χ4v) is 0. The molecular weight excluding hydrogens is 95.0 g/mol. The minimum absolute atomic E-state index is 0. The average molecular weight is 101 g/mol. The summed E-state index contributed by atoms with van der Waals surface area (Å²) in [6, 6.07) is 0. The number of rotatable bonds is 0. The van der Waals surface area contributed by atoms with Crippen LogP contribution in [0.2, 0.25) is 0 Å². The van der Waals surface area contributed by atoms with E-state index in [0.717, 1.165) is 0 Å². The topological polar surface area (TPSA) is 17.1 Å². The summed E-state index contributed by atoms with van der Waals surface area (Å²) < 4.78 is 0. The van der Waals surface area contributed by atoms with Crippen LogP contribution in [0, 0.1) is 0 Å². The van der Waals surface area contributed by atoms with Gasteiger partial charge in [0.15, 0.2) is 0 Å². The van der Waals surface area contributed by atoms with Crippen LogP contribution in [0.5, 0.6) is 0 Å². The second-order valence-electron chi connectivity index (χ2n) is 0. The van der Waals surface area contributed by atoms with Crippen LogP contribution >= 0.6 is 0 Å². The molecule has 0 aromatic rings. The van der Waals surface area contributed by atoms with Crippen LogP contribution in [0.25, 0.3) is 0 Å². The molecule has 0 rings (SSSR count). The van der Waals surface area contributed by atoms with Gasteiger partial charge in [0.2, 0.25) is 0 Å². The molecule has 0 aliphatic carbocycles. The molecular formula is C2H6MnO. The SMILES string of the molecule is C.C=O.[Mn]. The van der Waals surface area contributed by atoms with E-state index in [1.165, 1.54) is 0 Å². The maximum atomic E-state index is 8.00. The van der Waals surface area contributed by atoms with Crippen LogP contribution in [-0.4, -0.2) is 6.79 Å². The van der Waals surface area contributed by atoms with Gasteiger partial charge in [-0.2, -0.15) is 0 Å². The summed E-state index contributed by atoms with van der Waals surface area (Å²) in [5.74, 6) is 0. The van der Waals surface area contributed by atoms with Gasteiger partial charge >= 0.3 is 0 Å². The first-order valence-corrected chi connectivity index (χ1v) is 0.289. The Bertz CT molecular complexity index is 6.00. The van der Waals surface area contributed by atoms with Crippen molar-refractivity contribution in [2.45, 2.75) is 7.43 Å². The molecule has 0 unspecified atom stereocenters. The second kappa shape index (κ2) is 426. The quantitative estimate of drug-likeness (QED) is 0.405.